The molecule has 0 amide bonds. The molecule has 0 radical (unpaired) electrons. The molecule has 0 atom stereocenters. The topological polar surface area (TPSA) is 92.1 Å². The van der Waals surface area contributed by atoms with Crippen molar-refractivity contribution in [1.82, 2.24) is 0 Å². The maximum atomic E-state index is 11.6. The predicted molar refractivity (Wildman–Crippen MR) is 70.2 cm³/mol. The Morgan fingerprint density at radius 3 is 2.68 bits per heavy atom. The zero-order valence-corrected chi connectivity index (χ0v) is 10.7. The highest BCUT2D eigenvalue weighted by Gasteiger charge is 2.11. The maximum Gasteiger partial charge on any atom is 0.340 e. The van der Waals surface area contributed by atoms with Gasteiger partial charge in [-0.1, -0.05) is 29.4 Å². The molecule has 6 heteroatoms. The van der Waals surface area contributed by atoms with Crippen LogP contribution in [0.1, 0.15) is 29.8 Å². The van der Waals surface area contributed by atoms with Crippen LogP contribution in [-0.4, -0.2) is 18.4 Å². The lowest BCUT2D eigenvalue weighted by Gasteiger charge is -2.04. The van der Waals surface area contributed by atoms with E-state index in [1.807, 2.05) is 0 Å². The van der Waals surface area contributed by atoms with Crippen LogP contribution in [0.2, 0.25) is 0 Å². The second-order valence-electron chi connectivity index (χ2n) is 3.58. The van der Waals surface area contributed by atoms with Crippen LogP contribution >= 0.6 is 0 Å². The van der Waals surface area contributed by atoms with Crippen LogP contribution in [0.3, 0.4) is 0 Å². The number of nitrogens with zero attached hydrogens (tertiary/aromatic N) is 3. The molecule has 6 nitrogen and oxygen atoms in total. The van der Waals surface area contributed by atoms with Gasteiger partial charge in [0, 0.05) is 10.5 Å². The second kappa shape index (κ2) is 6.98. The van der Waals surface area contributed by atoms with E-state index in [4.69, 9.17) is 10.3 Å². The zero-order valence-electron chi connectivity index (χ0n) is 10.7. The summed E-state index contributed by atoms with van der Waals surface area (Å²) >= 11 is 0. The lowest BCUT2D eigenvalue weighted by molar-refractivity contribution is -0.138. The van der Waals surface area contributed by atoms with Crippen molar-refractivity contribution in [3.05, 3.63) is 51.5 Å². The van der Waals surface area contributed by atoms with Crippen LogP contribution in [0.25, 0.3) is 16.5 Å². The molecule has 0 bridgehead atoms. The Kier molecular flexibility index (Phi) is 5.32. The molecule has 0 aromatic heterocycles. The van der Waals surface area contributed by atoms with Gasteiger partial charge < -0.3 is 4.74 Å². The first kappa shape index (κ1) is 14.5. The van der Waals surface area contributed by atoms with E-state index in [0.29, 0.717) is 11.1 Å². The molecule has 98 valence electrons. The van der Waals surface area contributed by atoms with Gasteiger partial charge in [0.05, 0.1) is 6.61 Å². The average molecular weight is 259 g/mol. The first-order valence-electron chi connectivity index (χ1n) is 5.64. The van der Waals surface area contributed by atoms with Crippen LogP contribution in [0.15, 0.2) is 35.1 Å². The Hall–Kier alpha value is -2.59. The van der Waals surface area contributed by atoms with Crippen LogP contribution in [-0.2, 0) is 9.53 Å². The summed E-state index contributed by atoms with van der Waals surface area (Å²) in [6.45, 7) is 3.24. The van der Waals surface area contributed by atoms with Gasteiger partial charge in [0.15, 0.2) is 5.78 Å². The second-order valence-corrected chi connectivity index (χ2v) is 3.58. The van der Waals surface area contributed by atoms with E-state index in [0.717, 1.165) is 0 Å². The number of ketones is 1. The number of hydrogen-bond acceptors (Lipinski definition) is 4. The molecular weight excluding hydrogens is 246 g/mol. The summed E-state index contributed by atoms with van der Waals surface area (Å²) in [6, 6.07) is 6.72. The van der Waals surface area contributed by atoms with Crippen LogP contribution < -0.4 is 0 Å². The molecule has 1 rings (SSSR count). The number of carbonyl (C=O) groups is 2. The third-order valence-corrected chi connectivity index (χ3v) is 2.27. The molecule has 0 spiro atoms. The highest BCUT2D eigenvalue weighted by atomic mass is 16.5. The van der Waals surface area contributed by atoms with Gasteiger partial charge in [-0.25, -0.2) is 4.79 Å². The molecule has 0 saturated heterocycles. The highest BCUT2D eigenvalue weighted by molar-refractivity contribution is 6.00. The van der Waals surface area contributed by atoms with E-state index in [9.17, 15) is 9.59 Å². The quantitative estimate of drug-likeness (QED) is 0.203. The van der Waals surface area contributed by atoms with Gasteiger partial charge in [0.1, 0.15) is 5.70 Å². The Morgan fingerprint density at radius 1 is 1.42 bits per heavy atom. The molecule has 0 aliphatic heterocycles. The van der Waals surface area contributed by atoms with Crippen LogP contribution in [0, 0.1) is 0 Å². The molecule has 0 saturated carbocycles. The normalized spacial score (nSPS) is 10.5. The fourth-order valence-electron chi connectivity index (χ4n) is 1.47. The summed E-state index contributed by atoms with van der Waals surface area (Å²) < 4.78 is 4.77. The smallest absolute Gasteiger partial charge is 0.340 e. The number of esters is 1. The van der Waals surface area contributed by atoms with Crippen molar-refractivity contribution in [2.75, 3.05) is 6.61 Å². The molecule has 0 unspecified atom stereocenters. The lowest BCUT2D eigenvalue weighted by Crippen LogP contribution is -2.06. The van der Waals surface area contributed by atoms with Crippen molar-refractivity contribution in [2.24, 2.45) is 5.11 Å². The minimum absolute atomic E-state index is 0.143. The van der Waals surface area contributed by atoms with Crippen molar-refractivity contribution >= 4 is 17.8 Å². The molecular formula is C13H13N3O3. The van der Waals surface area contributed by atoms with Crippen LogP contribution in [0.4, 0.5) is 0 Å². The zero-order chi connectivity index (χ0) is 14.3. The van der Waals surface area contributed by atoms with Gasteiger partial charge in [0.25, 0.3) is 0 Å². The number of azide groups is 1. The Morgan fingerprint density at radius 2 is 2.11 bits per heavy atom. The first-order chi connectivity index (χ1) is 9.10. The molecule has 0 aliphatic rings. The van der Waals surface area contributed by atoms with Crippen molar-refractivity contribution in [3.63, 3.8) is 0 Å². The largest absolute Gasteiger partial charge is 0.462 e. The number of ether oxygens (including phenoxy) is 1. The Balaban J connectivity index is 3.26. The third-order valence-electron chi connectivity index (χ3n) is 2.27. The minimum atomic E-state index is -0.723. The van der Waals surface area contributed by atoms with Crippen molar-refractivity contribution < 1.29 is 14.3 Å². The Bertz CT molecular complexity index is 572. The molecule has 0 aliphatic carbocycles. The van der Waals surface area contributed by atoms with E-state index in [1.54, 1.807) is 31.2 Å². The SMILES string of the molecule is CCOC(=O)/C(=C/c1ccccc1C(C)=O)N=[N+]=[N-]. The molecule has 0 heterocycles. The van der Waals surface area contributed by atoms with Crippen molar-refractivity contribution in [3.8, 4) is 0 Å². The van der Waals surface area contributed by atoms with E-state index < -0.39 is 5.97 Å². The number of rotatable bonds is 5. The summed E-state index contributed by atoms with van der Waals surface area (Å²) in [5, 5.41) is 3.29. The van der Waals surface area contributed by atoms with Crippen LogP contribution in [0.5, 0.6) is 0 Å². The number of carbonyl (C=O) groups excluding carboxylic acids is 2. The number of benzene rings is 1. The molecule has 0 N–H and O–H groups in total. The summed E-state index contributed by atoms with van der Waals surface area (Å²) in [6.07, 6.45) is 1.34. The van der Waals surface area contributed by atoms with Gasteiger partial charge in [-0.2, -0.15) is 0 Å². The predicted octanol–water partition coefficient (Wildman–Crippen LogP) is 3.10. The third kappa shape index (κ3) is 3.97. The van der Waals surface area contributed by atoms with Gasteiger partial charge in [-0.05, 0) is 31.0 Å². The van der Waals surface area contributed by atoms with E-state index in [1.165, 1.54) is 13.0 Å². The summed E-state index contributed by atoms with van der Waals surface area (Å²) in [5.41, 5.74) is 9.22. The number of Topliss-reactive ketones (excluding diaryl/α,β-unsaturated/α-hetero) is 1. The highest BCUT2D eigenvalue weighted by Crippen LogP contribution is 2.15. The molecule has 1 aromatic carbocycles. The van der Waals surface area contributed by atoms with E-state index in [2.05, 4.69) is 10.0 Å². The minimum Gasteiger partial charge on any atom is -0.462 e. The van der Waals surface area contributed by atoms with Crippen molar-refractivity contribution in [2.45, 2.75) is 13.8 Å². The molecule has 19 heavy (non-hydrogen) atoms. The fourth-order valence-corrected chi connectivity index (χ4v) is 1.47. The van der Waals surface area contributed by atoms with E-state index >= 15 is 0 Å². The first-order valence-corrected chi connectivity index (χ1v) is 5.64. The van der Waals surface area contributed by atoms with Gasteiger partial charge in [0.2, 0.25) is 0 Å². The van der Waals surface area contributed by atoms with Gasteiger partial charge in [-0.15, -0.1) is 0 Å². The number of hydrogen-bond donors (Lipinski definition) is 0. The summed E-state index contributed by atoms with van der Waals surface area (Å²) in [4.78, 5) is 25.6. The Labute approximate surface area is 110 Å². The molecule has 1 aromatic rings. The standard InChI is InChI=1S/C13H13N3O3/c1-3-19-13(18)12(15-16-14)8-10-6-4-5-7-11(10)9(2)17/h4-8H,3H2,1-2H3/b12-8-. The summed E-state index contributed by atoms with van der Waals surface area (Å²) in [7, 11) is 0. The van der Waals surface area contributed by atoms with E-state index in [-0.39, 0.29) is 18.1 Å². The maximum absolute atomic E-state index is 11.6. The van der Waals surface area contributed by atoms with Gasteiger partial charge >= 0.3 is 5.97 Å². The van der Waals surface area contributed by atoms with Crippen molar-refractivity contribution in [1.29, 1.82) is 0 Å². The van der Waals surface area contributed by atoms with Gasteiger partial charge in [-0.3, -0.25) is 4.79 Å². The summed E-state index contributed by atoms with van der Waals surface area (Å²) in [5.74, 6) is -0.866. The monoisotopic (exact) mass is 259 g/mol. The molecule has 0 fully saturated rings. The average Bonchev–Trinajstić information content (AvgIpc) is 2.39. The fraction of sp³-hybridized carbons (Fsp3) is 0.231. The lowest BCUT2D eigenvalue weighted by atomic mass is 10.0.